The summed E-state index contributed by atoms with van der Waals surface area (Å²) in [6, 6.07) is 1.26. The lowest BCUT2D eigenvalue weighted by atomic mass is 10.1. The van der Waals surface area contributed by atoms with Gasteiger partial charge in [0.2, 0.25) is 6.20 Å². The number of hydrogen-bond acceptors (Lipinski definition) is 3. The van der Waals surface area contributed by atoms with E-state index in [1.54, 1.807) is 11.9 Å². The van der Waals surface area contributed by atoms with Crippen LogP contribution in [-0.4, -0.2) is 28.6 Å². The monoisotopic (exact) mass is 224 g/mol. The molecule has 0 unspecified atom stereocenters. The van der Waals surface area contributed by atoms with E-state index in [-0.39, 0.29) is 11.6 Å². The third kappa shape index (κ3) is 3.08. The Morgan fingerprint density at radius 1 is 1.56 bits per heavy atom. The van der Waals surface area contributed by atoms with E-state index in [0.29, 0.717) is 10.5 Å². The van der Waals surface area contributed by atoms with Crippen LogP contribution >= 0.6 is 0 Å². The first-order valence-corrected chi connectivity index (χ1v) is 4.91. The second-order valence-electron chi connectivity index (χ2n) is 4.48. The smallest absolute Gasteiger partial charge is 0.322 e. The van der Waals surface area contributed by atoms with Gasteiger partial charge in [0.15, 0.2) is 0 Å². The second-order valence-corrected chi connectivity index (χ2v) is 4.48. The fraction of sp³-hybridized carbons (Fsp3) is 0.500. The molecule has 16 heavy (non-hydrogen) atoms. The number of nitrogens with one attached hydrogen (secondary N) is 1. The molecule has 0 fully saturated rings. The van der Waals surface area contributed by atoms with E-state index >= 15 is 0 Å². The van der Waals surface area contributed by atoms with E-state index in [2.05, 4.69) is 10.4 Å². The Labute approximate surface area is 94.5 Å². The summed E-state index contributed by atoms with van der Waals surface area (Å²) in [5.41, 5.74) is 0.235. The van der Waals surface area contributed by atoms with Crippen LogP contribution in [0.1, 0.15) is 20.8 Å². The molecule has 0 aliphatic rings. The van der Waals surface area contributed by atoms with Crippen LogP contribution in [0.3, 0.4) is 0 Å². The van der Waals surface area contributed by atoms with Crippen LogP contribution in [0.4, 0.5) is 10.5 Å². The van der Waals surface area contributed by atoms with Gasteiger partial charge in [0.1, 0.15) is 6.20 Å². The lowest BCUT2D eigenvalue weighted by Crippen LogP contribution is -2.45. The summed E-state index contributed by atoms with van der Waals surface area (Å²) in [7, 11) is 1.71. The summed E-state index contributed by atoms with van der Waals surface area (Å²) in [6.45, 7) is 5.80. The maximum Gasteiger partial charge on any atom is 0.322 e. The number of hydrogen-bond donors (Lipinski definition) is 1. The Kier molecular flexibility index (Phi) is 3.31. The van der Waals surface area contributed by atoms with Crippen molar-refractivity contribution in [1.82, 2.24) is 10.00 Å². The van der Waals surface area contributed by atoms with Crippen molar-refractivity contribution in [3.8, 4) is 0 Å². The second kappa shape index (κ2) is 4.34. The summed E-state index contributed by atoms with van der Waals surface area (Å²) in [5, 5.41) is 16.8. The van der Waals surface area contributed by atoms with E-state index < -0.39 is 0 Å². The predicted octanol–water partition coefficient (Wildman–Crippen LogP) is 0.977. The minimum atomic E-state index is -0.259. The highest BCUT2D eigenvalue weighted by molar-refractivity contribution is 5.89. The van der Waals surface area contributed by atoms with Gasteiger partial charge in [-0.1, -0.05) is 4.85 Å². The summed E-state index contributed by atoms with van der Waals surface area (Å²) >= 11 is 0. The molecule has 0 aliphatic carbocycles. The molecule has 0 aliphatic heterocycles. The van der Waals surface area contributed by atoms with Crippen molar-refractivity contribution in [3.63, 3.8) is 0 Å². The van der Waals surface area contributed by atoms with Crippen LogP contribution in [0.5, 0.6) is 0 Å². The molecule has 0 spiro atoms. The van der Waals surface area contributed by atoms with Gasteiger partial charge in [0, 0.05) is 23.8 Å². The third-order valence-electron chi connectivity index (χ3n) is 2.25. The highest BCUT2D eigenvalue weighted by atomic mass is 16.5. The first kappa shape index (κ1) is 12.2. The maximum atomic E-state index is 11.7. The first-order chi connectivity index (χ1) is 7.30. The molecule has 0 atom stereocenters. The number of anilines is 1. The van der Waals surface area contributed by atoms with Crippen LogP contribution in [0.25, 0.3) is 0 Å². The molecular weight excluding hydrogens is 208 g/mol. The van der Waals surface area contributed by atoms with Crippen molar-refractivity contribution in [2.45, 2.75) is 26.3 Å². The molecule has 0 radical (unpaired) electrons. The molecule has 1 rings (SSSR count). The molecule has 1 aromatic heterocycles. The van der Waals surface area contributed by atoms with Gasteiger partial charge >= 0.3 is 6.03 Å². The Balaban J connectivity index is 2.68. The Bertz CT molecular complexity index is 369. The molecule has 0 bridgehead atoms. The van der Waals surface area contributed by atoms with Crippen LogP contribution in [0, 0.1) is 5.21 Å². The average Bonchev–Trinajstić information content (AvgIpc) is 2.19. The predicted molar refractivity (Wildman–Crippen MR) is 59.7 cm³/mol. The van der Waals surface area contributed by atoms with E-state index in [1.165, 1.54) is 18.5 Å². The molecule has 6 heteroatoms. The van der Waals surface area contributed by atoms with Gasteiger partial charge in [-0.25, -0.2) is 4.79 Å². The van der Waals surface area contributed by atoms with Crippen molar-refractivity contribution in [3.05, 3.63) is 23.7 Å². The van der Waals surface area contributed by atoms with Gasteiger partial charge in [-0.3, -0.25) is 0 Å². The summed E-state index contributed by atoms with van der Waals surface area (Å²) < 4.78 is 0. The number of nitrogens with zero attached hydrogens (tertiary/aromatic N) is 3. The molecule has 1 N–H and O–H groups in total. The zero-order valence-electron chi connectivity index (χ0n) is 9.89. The minimum Gasteiger partial charge on any atom is -0.594 e. The summed E-state index contributed by atoms with van der Waals surface area (Å²) in [4.78, 5) is 13.7. The van der Waals surface area contributed by atoms with Crippen LogP contribution in [0.15, 0.2) is 18.5 Å². The molecule has 0 aromatic carbocycles. The van der Waals surface area contributed by atoms with Gasteiger partial charge < -0.3 is 15.4 Å². The average molecular weight is 224 g/mol. The van der Waals surface area contributed by atoms with E-state index in [1.807, 2.05) is 20.8 Å². The van der Waals surface area contributed by atoms with Gasteiger partial charge in [-0.15, -0.1) is 0 Å². The third-order valence-corrected chi connectivity index (χ3v) is 2.25. The Hall–Kier alpha value is -1.85. The molecule has 2 amide bonds. The van der Waals surface area contributed by atoms with E-state index in [4.69, 9.17) is 0 Å². The number of carbonyl (C=O) groups is 1. The van der Waals surface area contributed by atoms with Gasteiger partial charge in [-0.2, -0.15) is 0 Å². The van der Waals surface area contributed by atoms with Crippen LogP contribution in [-0.2, 0) is 0 Å². The molecule has 0 saturated carbocycles. The van der Waals surface area contributed by atoms with E-state index in [9.17, 15) is 10.0 Å². The first-order valence-electron chi connectivity index (χ1n) is 4.91. The number of urea groups is 1. The maximum absolute atomic E-state index is 11.7. The van der Waals surface area contributed by atoms with Gasteiger partial charge in [0.25, 0.3) is 0 Å². The minimum absolute atomic E-state index is 0.238. The SMILES string of the molecule is CN(C(=O)Nc1cc[n+]([O-])nc1)C(C)(C)C. The number of rotatable bonds is 1. The van der Waals surface area contributed by atoms with Gasteiger partial charge in [0.05, 0.1) is 5.69 Å². The van der Waals surface area contributed by atoms with Crippen LogP contribution < -0.4 is 10.2 Å². The summed E-state index contributed by atoms with van der Waals surface area (Å²) in [5.74, 6) is 0. The number of amides is 2. The fourth-order valence-electron chi connectivity index (χ4n) is 0.931. The number of carbonyl (C=O) groups excluding carboxylic acids is 1. The lowest BCUT2D eigenvalue weighted by molar-refractivity contribution is -0.669. The normalized spacial score (nSPS) is 11.0. The Morgan fingerprint density at radius 3 is 2.62 bits per heavy atom. The van der Waals surface area contributed by atoms with E-state index in [0.717, 1.165) is 0 Å². The van der Waals surface area contributed by atoms with Gasteiger partial charge in [-0.05, 0) is 20.8 Å². The van der Waals surface area contributed by atoms with Crippen molar-refractivity contribution >= 4 is 11.7 Å². The molecule has 88 valence electrons. The Morgan fingerprint density at radius 2 is 2.19 bits per heavy atom. The standard InChI is InChI=1S/C10H16N4O2/c1-10(2,3)13(4)9(15)12-8-5-6-14(16)11-7-8/h5-7H,1-4H3,(H,12,15). The largest absolute Gasteiger partial charge is 0.594 e. The van der Waals surface area contributed by atoms with Crippen LogP contribution in [0.2, 0.25) is 0 Å². The molecular formula is C10H16N4O2. The molecule has 0 saturated heterocycles. The van der Waals surface area contributed by atoms with Crippen molar-refractivity contribution in [1.29, 1.82) is 0 Å². The van der Waals surface area contributed by atoms with Crippen molar-refractivity contribution < 1.29 is 9.64 Å². The molecule has 1 heterocycles. The highest BCUT2D eigenvalue weighted by Gasteiger charge is 2.22. The van der Waals surface area contributed by atoms with Crippen molar-refractivity contribution in [2.75, 3.05) is 12.4 Å². The lowest BCUT2D eigenvalue weighted by Gasteiger charge is -2.31. The quantitative estimate of drug-likeness (QED) is 0.571. The van der Waals surface area contributed by atoms with Crippen molar-refractivity contribution in [2.24, 2.45) is 0 Å². The summed E-state index contributed by atoms with van der Waals surface area (Å²) in [6.07, 6.45) is 2.54. The fourth-order valence-corrected chi connectivity index (χ4v) is 0.931. The zero-order chi connectivity index (χ0) is 12.3. The molecule has 6 nitrogen and oxygen atoms in total. The zero-order valence-corrected chi connectivity index (χ0v) is 9.89. The number of aromatic nitrogens is 2. The topological polar surface area (TPSA) is 72.2 Å². The highest BCUT2D eigenvalue weighted by Crippen LogP contribution is 2.12. The molecule has 1 aromatic rings.